The number of hydrogen-bond donors (Lipinski definition) is 1. The van der Waals surface area contributed by atoms with Gasteiger partial charge >= 0.3 is 0 Å². The lowest BCUT2D eigenvalue weighted by Crippen LogP contribution is -2.32. The number of benzene rings is 2. The van der Waals surface area contributed by atoms with Gasteiger partial charge in [-0.25, -0.2) is 4.68 Å². The fraction of sp³-hybridized carbons (Fsp3) is 0.211. The number of rotatable bonds is 8. The fourth-order valence-corrected chi connectivity index (χ4v) is 3.55. The third-order valence-corrected chi connectivity index (χ3v) is 5.73. The van der Waals surface area contributed by atoms with Gasteiger partial charge in [-0.1, -0.05) is 39.3 Å². The Labute approximate surface area is 186 Å². The first-order valence-electron chi connectivity index (χ1n) is 8.65. The van der Waals surface area contributed by atoms with Crippen LogP contribution in [0.1, 0.15) is 0 Å². The van der Waals surface area contributed by atoms with E-state index >= 15 is 0 Å². The molecule has 0 atom stereocenters. The van der Waals surface area contributed by atoms with Gasteiger partial charge in [-0.3, -0.25) is 4.79 Å². The molecule has 1 heterocycles. The summed E-state index contributed by atoms with van der Waals surface area (Å²) in [6, 6.07) is 14.7. The Bertz CT molecular complexity index is 966. The number of nitrogens with zero attached hydrogens (tertiary/aromatic N) is 4. The summed E-state index contributed by atoms with van der Waals surface area (Å²) in [5, 5.41) is 9.27. The van der Waals surface area contributed by atoms with Gasteiger partial charge in [0.05, 0.1) is 12.3 Å². The van der Waals surface area contributed by atoms with E-state index < -0.39 is 0 Å². The van der Waals surface area contributed by atoms with Crippen LogP contribution < -0.4 is 10.6 Å². The van der Waals surface area contributed by atoms with E-state index in [9.17, 15) is 4.79 Å². The van der Waals surface area contributed by atoms with Gasteiger partial charge in [0.2, 0.25) is 11.1 Å². The van der Waals surface area contributed by atoms with E-state index in [-0.39, 0.29) is 11.7 Å². The minimum Gasteiger partial charge on any atom is -0.492 e. The summed E-state index contributed by atoms with van der Waals surface area (Å²) in [4.78, 5) is 14.0. The van der Waals surface area contributed by atoms with Gasteiger partial charge < -0.3 is 15.5 Å². The molecule has 0 fully saturated rings. The average Bonchev–Trinajstić information content (AvgIpc) is 3.08. The van der Waals surface area contributed by atoms with Gasteiger partial charge in [0.25, 0.3) is 0 Å². The zero-order valence-electron chi connectivity index (χ0n) is 15.6. The second-order valence-corrected chi connectivity index (χ2v) is 8.38. The number of thioether (sulfide) groups is 1. The van der Waals surface area contributed by atoms with Crippen molar-refractivity contribution in [3.05, 3.63) is 58.0 Å². The monoisotopic (exact) mass is 495 g/mol. The normalized spacial score (nSPS) is 10.7. The van der Waals surface area contributed by atoms with E-state index in [0.29, 0.717) is 29.2 Å². The van der Waals surface area contributed by atoms with Gasteiger partial charge in [0.15, 0.2) is 5.82 Å². The van der Waals surface area contributed by atoms with E-state index in [1.807, 2.05) is 36.4 Å². The Hall–Kier alpha value is -2.23. The van der Waals surface area contributed by atoms with E-state index in [1.165, 1.54) is 16.4 Å². The third kappa shape index (κ3) is 5.88. The molecule has 3 rings (SSSR count). The van der Waals surface area contributed by atoms with Crippen LogP contribution in [0.15, 0.2) is 58.2 Å². The maximum atomic E-state index is 12.4. The van der Waals surface area contributed by atoms with Crippen molar-refractivity contribution in [2.45, 2.75) is 5.16 Å². The van der Waals surface area contributed by atoms with Crippen molar-refractivity contribution in [1.29, 1.82) is 0 Å². The van der Waals surface area contributed by atoms with Crippen LogP contribution in [0.5, 0.6) is 5.75 Å². The van der Waals surface area contributed by atoms with Crippen LogP contribution in [0.2, 0.25) is 5.02 Å². The molecular formula is C19H19BrClN5O2S. The van der Waals surface area contributed by atoms with Crippen LogP contribution in [-0.4, -0.2) is 51.6 Å². The third-order valence-electron chi connectivity index (χ3n) is 4.03. The predicted molar refractivity (Wildman–Crippen MR) is 119 cm³/mol. The molecule has 2 aromatic carbocycles. The molecular weight excluding hydrogens is 478 g/mol. The molecule has 0 spiro atoms. The zero-order valence-corrected chi connectivity index (χ0v) is 18.7. The highest BCUT2D eigenvalue weighted by atomic mass is 79.9. The highest BCUT2D eigenvalue weighted by Gasteiger charge is 2.15. The van der Waals surface area contributed by atoms with Gasteiger partial charge in [-0.15, -0.1) is 10.2 Å². The smallest absolute Gasteiger partial charge is 0.232 e. The summed E-state index contributed by atoms with van der Waals surface area (Å²) in [7, 11) is 1.74. The summed E-state index contributed by atoms with van der Waals surface area (Å²) >= 11 is 10.5. The molecule has 152 valence electrons. The Morgan fingerprint density at radius 2 is 1.90 bits per heavy atom. The second-order valence-electron chi connectivity index (χ2n) is 6.09. The van der Waals surface area contributed by atoms with E-state index in [2.05, 4.69) is 26.1 Å². The van der Waals surface area contributed by atoms with Gasteiger partial charge in [0.1, 0.15) is 12.4 Å². The molecule has 0 saturated carbocycles. The number of carbonyl (C=O) groups is 1. The van der Waals surface area contributed by atoms with Crippen molar-refractivity contribution in [3.8, 4) is 17.1 Å². The molecule has 2 N–H and O–H groups in total. The van der Waals surface area contributed by atoms with Crippen molar-refractivity contribution >= 4 is 45.2 Å². The molecule has 7 nitrogen and oxygen atoms in total. The maximum absolute atomic E-state index is 12.4. The lowest BCUT2D eigenvalue weighted by Gasteiger charge is -2.17. The number of nitrogens with two attached hydrogens (primary N) is 1. The van der Waals surface area contributed by atoms with Gasteiger partial charge in [-0.2, -0.15) is 0 Å². The topological polar surface area (TPSA) is 86.3 Å². The van der Waals surface area contributed by atoms with Crippen molar-refractivity contribution in [2.24, 2.45) is 0 Å². The van der Waals surface area contributed by atoms with E-state index in [0.717, 1.165) is 15.8 Å². The second kappa shape index (κ2) is 10.00. The van der Waals surface area contributed by atoms with Crippen LogP contribution in [0.3, 0.4) is 0 Å². The minimum absolute atomic E-state index is 0.0505. The quantitative estimate of drug-likeness (QED) is 0.378. The summed E-state index contributed by atoms with van der Waals surface area (Å²) in [6.45, 7) is 0.878. The summed E-state index contributed by atoms with van der Waals surface area (Å²) < 4.78 is 8.01. The summed E-state index contributed by atoms with van der Waals surface area (Å²) in [6.07, 6.45) is 0. The van der Waals surface area contributed by atoms with Crippen molar-refractivity contribution in [1.82, 2.24) is 19.8 Å². The van der Waals surface area contributed by atoms with Crippen LogP contribution >= 0.6 is 39.3 Å². The Morgan fingerprint density at radius 3 is 2.59 bits per heavy atom. The van der Waals surface area contributed by atoms with Gasteiger partial charge in [-0.05, 0) is 48.5 Å². The number of nitrogen functional groups attached to an aromatic ring is 1. The number of amides is 1. The molecule has 3 aromatic rings. The fourth-order valence-electron chi connectivity index (χ4n) is 2.36. The van der Waals surface area contributed by atoms with Crippen LogP contribution in [0.4, 0.5) is 0 Å². The molecule has 0 bridgehead atoms. The maximum Gasteiger partial charge on any atom is 0.232 e. The first-order valence-corrected chi connectivity index (χ1v) is 10.8. The molecule has 0 unspecified atom stereocenters. The van der Waals surface area contributed by atoms with E-state index in [1.54, 1.807) is 24.1 Å². The molecule has 0 aliphatic carbocycles. The number of ether oxygens (including phenoxy) is 1. The van der Waals surface area contributed by atoms with Crippen molar-refractivity contribution in [2.75, 3.05) is 31.8 Å². The number of halogens is 2. The van der Waals surface area contributed by atoms with Gasteiger partial charge in [0, 0.05) is 22.1 Å². The summed E-state index contributed by atoms with van der Waals surface area (Å²) in [5.41, 5.74) is 0.796. The average molecular weight is 497 g/mol. The Morgan fingerprint density at radius 1 is 1.21 bits per heavy atom. The first-order chi connectivity index (χ1) is 13.9. The van der Waals surface area contributed by atoms with Crippen molar-refractivity contribution < 1.29 is 9.53 Å². The van der Waals surface area contributed by atoms with Crippen LogP contribution in [-0.2, 0) is 4.79 Å². The molecule has 1 amide bonds. The SMILES string of the molecule is CN(CCOc1ccc(Br)cc1)C(=O)CSc1nnc(-c2ccc(Cl)cc2)n1N. The standard InChI is InChI=1S/C19H19BrClN5O2S/c1-25(10-11-28-16-8-4-14(20)5-9-16)17(27)12-29-19-24-23-18(26(19)22)13-2-6-15(21)7-3-13/h2-9H,10-12,22H2,1H3. The van der Waals surface area contributed by atoms with Crippen LogP contribution in [0.25, 0.3) is 11.4 Å². The molecule has 0 saturated heterocycles. The lowest BCUT2D eigenvalue weighted by molar-refractivity contribution is -0.127. The minimum atomic E-state index is -0.0505. The van der Waals surface area contributed by atoms with Crippen molar-refractivity contribution in [3.63, 3.8) is 0 Å². The Kier molecular flexibility index (Phi) is 7.40. The molecule has 0 radical (unpaired) electrons. The highest BCUT2D eigenvalue weighted by Crippen LogP contribution is 2.23. The van der Waals surface area contributed by atoms with E-state index in [4.69, 9.17) is 22.2 Å². The molecule has 10 heteroatoms. The zero-order chi connectivity index (χ0) is 20.8. The molecule has 29 heavy (non-hydrogen) atoms. The number of likely N-dealkylation sites (N-methyl/N-ethyl adjacent to an activating group) is 1. The molecule has 0 aliphatic heterocycles. The highest BCUT2D eigenvalue weighted by molar-refractivity contribution is 9.10. The molecule has 0 aliphatic rings. The lowest BCUT2D eigenvalue weighted by atomic mass is 10.2. The number of aromatic nitrogens is 3. The van der Waals surface area contributed by atoms with Crippen LogP contribution in [0, 0.1) is 0 Å². The predicted octanol–water partition coefficient (Wildman–Crippen LogP) is 3.70. The largest absolute Gasteiger partial charge is 0.492 e. The number of hydrogen-bond acceptors (Lipinski definition) is 6. The number of carbonyl (C=O) groups excluding carboxylic acids is 1. The Balaban J connectivity index is 1.48. The molecule has 1 aromatic heterocycles. The first kappa shape index (κ1) is 21.5. The summed E-state index contributed by atoms with van der Waals surface area (Å²) in [5.74, 6) is 7.50.